The van der Waals surface area contributed by atoms with E-state index in [9.17, 15) is 14.0 Å². The molecule has 1 amide bonds. The third-order valence-corrected chi connectivity index (χ3v) is 5.68. The van der Waals surface area contributed by atoms with Crippen LogP contribution in [0, 0.1) is 0 Å². The molecule has 0 aliphatic heterocycles. The maximum Gasteiger partial charge on any atom is 0.326 e. The van der Waals surface area contributed by atoms with Gasteiger partial charge in [0.2, 0.25) is 0 Å². The number of nitrogens with zero attached hydrogens (tertiary/aromatic N) is 3. The Kier molecular flexibility index (Phi) is 5.08. The molecule has 0 spiro atoms. The Morgan fingerprint density at radius 3 is 2.86 bits per heavy atom. The minimum Gasteiger partial charge on any atom is -0.357 e. The molecule has 2 heterocycles. The number of carbonyl (C=O) groups excluding carboxylic acids is 1. The molecule has 3 aromatic rings. The predicted molar refractivity (Wildman–Crippen MR) is 110 cm³/mol. The average molecular weight is 397 g/mol. The summed E-state index contributed by atoms with van der Waals surface area (Å²) in [6, 6.07) is 9.11. The summed E-state index contributed by atoms with van der Waals surface area (Å²) < 4.78 is 14.9. The lowest BCUT2D eigenvalue weighted by atomic mass is 10.1. The van der Waals surface area contributed by atoms with Gasteiger partial charge in [0, 0.05) is 38.4 Å². The normalized spacial score (nSPS) is 18.9. The minimum absolute atomic E-state index is 0.183. The molecule has 7 nitrogen and oxygen atoms in total. The van der Waals surface area contributed by atoms with Crippen LogP contribution >= 0.6 is 0 Å². The molecule has 152 valence electrons. The van der Waals surface area contributed by atoms with Gasteiger partial charge in [0.25, 0.3) is 5.91 Å². The van der Waals surface area contributed by atoms with Gasteiger partial charge in [-0.05, 0) is 49.1 Å². The van der Waals surface area contributed by atoms with E-state index in [0.29, 0.717) is 30.5 Å². The largest absolute Gasteiger partial charge is 0.357 e. The topological polar surface area (TPSA) is 83.0 Å². The van der Waals surface area contributed by atoms with Crippen molar-refractivity contribution >= 4 is 22.8 Å². The zero-order valence-corrected chi connectivity index (χ0v) is 16.5. The molecule has 8 heteroatoms. The number of hydrogen-bond acceptors (Lipinski definition) is 4. The number of nitrogens with one attached hydrogen (secondary N) is 2. The van der Waals surface area contributed by atoms with E-state index in [4.69, 9.17) is 0 Å². The lowest BCUT2D eigenvalue weighted by molar-refractivity contribution is 0.0951. The van der Waals surface area contributed by atoms with E-state index >= 15 is 0 Å². The number of aryl methyl sites for hydroxylation is 1. The van der Waals surface area contributed by atoms with Gasteiger partial charge in [0.15, 0.2) is 0 Å². The Morgan fingerprint density at radius 1 is 1.34 bits per heavy atom. The Hall–Kier alpha value is -3.16. The highest BCUT2D eigenvalue weighted by Crippen LogP contribution is 2.28. The van der Waals surface area contributed by atoms with Crippen molar-refractivity contribution in [3.05, 3.63) is 58.1 Å². The van der Waals surface area contributed by atoms with Crippen LogP contribution in [0.15, 0.2) is 41.3 Å². The van der Waals surface area contributed by atoms with Gasteiger partial charge < -0.3 is 15.2 Å². The van der Waals surface area contributed by atoms with Crippen LogP contribution in [-0.2, 0) is 13.6 Å². The first-order chi connectivity index (χ1) is 13.9. The Balaban J connectivity index is 1.38. The summed E-state index contributed by atoms with van der Waals surface area (Å²) in [5.41, 5.74) is 2.51. The molecule has 1 aliphatic carbocycles. The van der Waals surface area contributed by atoms with Crippen molar-refractivity contribution < 1.29 is 9.18 Å². The Labute approximate surface area is 167 Å². The molecule has 29 heavy (non-hydrogen) atoms. The van der Waals surface area contributed by atoms with Crippen molar-refractivity contribution in [1.29, 1.82) is 0 Å². The number of alkyl halides is 1. The summed E-state index contributed by atoms with van der Waals surface area (Å²) in [7, 11) is 3.62. The number of halogens is 1. The molecular weight excluding hydrogens is 373 g/mol. The maximum absolute atomic E-state index is 13.4. The number of amides is 1. The van der Waals surface area contributed by atoms with E-state index in [2.05, 4.69) is 15.3 Å². The van der Waals surface area contributed by atoms with Crippen LogP contribution < -0.4 is 15.9 Å². The molecule has 0 radical (unpaired) electrons. The molecule has 2 aromatic heterocycles. The van der Waals surface area contributed by atoms with Crippen molar-refractivity contribution in [3.8, 4) is 0 Å². The number of fused-ring (bicyclic) bond motifs is 1. The van der Waals surface area contributed by atoms with Gasteiger partial charge in [-0.15, -0.1) is 0 Å². The second-order valence-corrected chi connectivity index (χ2v) is 7.60. The van der Waals surface area contributed by atoms with Crippen LogP contribution in [0.25, 0.3) is 11.0 Å². The predicted octanol–water partition coefficient (Wildman–Crippen LogP) is 2.52. The molecule has 1 fully saturated rings. The number of anilines is 1. The van der Waals surface area contributed by atoms with Gasteiger partial charge in [-0.25, -0.2) is 14.2 Å². The van der Waals surface area contributed by atoms with Crippen molar-refractivity contribution in [3.63, 3.8) is 0 Å². The van der Waals surface area contributed by atoms with Crippen molar-refractivity contribution in [2.75, 3.05) is 11.9 Å². The van der Waals surface area contributed by atoms with E-state index in [1.807, 2.05) is 24.1 Å². The number of hydrogen-bond donors (Lipinski definition) is 2. The fourth-order valence-electron chi connectivity index (χ4n) is 3.84. The quantitative estimate of drug-likeness (QED) is 0.693. The van der Waals surface area contributed by atoms with Crippen LogP contribution in [0.5, 0.6) is 0 Å². The highest BCUT2D eigenvalue weighted by Gasteiger charge is 2.27. The standard InChI is InChI=1S/C21H24FN5O2/c1-26(16-6-5-15(22)10-16)19-8-3-13(11-23-19)12-24-20(28)14-4-7-18-17(9-14)25-21(29)27(18)2/h3-4,7-9,11,15-16H,5-6,10,12H2,1-2H3,(H,24,28)(H,25,29)/t15-,16+/m0/s1. The average Bonchev–Trinajstić information content (AvgIpc) is 3.28. The van der Waals surface area contributed by atoms with E-state index in [1.165, 1.54) is 4.57 Å². The summed E-state index contributed by atoms with van der Waals surface area (Å²) >= 11 is 0. The van der Waals surface area contributed by atoms with Crippen molar-refractivity contribution in [2.45, 2.75) is 38.0 Å². The number of aromatic nitrogens is 3. The van der Waals surface area contributed by atoms with E-state index < -0.39 is 6.17 Å². The van der Waals surface area contributed by atoms with Crippen LogP contribution in [0.1, 0.15) is 35.2 Å². The smallest absolute Gasteiger partial charge is 0.326 e. The van der Waals surface area contributed by atoms with E-state index in [1.54, 1.807) is 31.4 Å². The number of H-pyrrole nitrogens is 1. The number of carbonyl (C=O) groups is 1. The molecule has 0 bridgehead atoms. The monoisotopic (exact) mass is 397 g/mol. The minimum atomic E-state index is -0.718. The van der Waals surface area contributed by atoms with Crippen LogP contribution in [-0.4, -0.2) is 39.7 Å². The van der Waals surface area contributed by atoms with E-state index in [0.717, 1.165) is 23.3 Å². The highest BCUT2D eigenvalue weighted by atomic mass is 19.1. The second kappa shape index (κ2) is 7.69. The Morgan fingerprint density at radius 2 is 2.17 bits per heavy atom. The van der Waals surface area contributed by atoms with Crippen molar-refractivity contribution in [2.24, 2.45) is 7.05 Å². The molecule has 0 saturated heterocycles. The molecule has 2 atom stereocenters. The van der Waals surface area contributed by atoms with Gasteiger partial charge in [0.1, 0.15) is 12.0 Å². The molecule has 2 N–H and O–H groups in total. The summed E-state index contributed by atoms with van der Waals surface area (Å²) in [6.07, 6.45) is 3.01. The van der Waals surface area contributed by atoms with Gasteiger partial charge >= 0.3 is 5.69 Å². The number of pyridine rings is 1. The van der Waals surface area contributed by atoms with E-state index in [-0.39, 0.29) is 17.6 Å². The highest BCUT2D eigenvalue weighted by molar-refractivity contribution is 5.97. The number of benzene rings is 1. The zero-order valence-electron chi connectivity index (χ0n) is 16.5. The zero-order chi connectivity index (χ0) is 20.5. The lowest BCUT2D eigenvalue weighted by Crippen LogP contribution is -2.30. The fourth-order valence-corrected chi connectivity index (χ4v) is 3.84. The second-order valence-electron chi connectivity index (χ2n) is 7.60. The summed E-state index contributed by atoms with van der Waals surface area (Å²) in [6.45, 7) is 0.342. The summed E-state index contributed by atoms with van der Waals surface area (Å²) in [4.78, 5) is 33.4. The maximum atomic E-state index is 13.4. The molecule has 0 unspecified atom stereocenters. The van der Waals surface area contributed by atoms with Gasteiger partial charge in [-0.3, -0.25) is 9.36 Å². The SMILES string of the molecule is CN(c1ccc(CNC(=O)c2ccc3c(c2)[nH]c(=O)n3C)cn1)[C@@H]1CC[C@H](F)C1. The Bertz CT molecular complexity index is 1090. The van der Waals surface area contributed by atoms with Crippen LogP contribution in [0.4, 0.5) is 10.2 Å². The van der Waals surface area contributed by atoms with Crippen molar-refractivity contribution in [1.82, 2.24) is 19.9 Å². The molecule has 1 aliphatic rings. The number of rotatable bonds is 5. The molecule has 1 aromatic carbocycles. The first-order valence-corrected chi connectivity index (χ1v) is 9.71. The number of imidazole rings is 1. The van der Waals surface area contributed by atoms with Gasteiger partial charge in [0.05, 0.1) is 11.0 Å². The first-order valence-electron chi connectivity index (χ1n) is 9.71. The van der Waals surface area contributed by atoms with Crippen LogP contribution in [0.2, 0.25) is 0 Å². The number of aromatic amines is 1. The van der Waals surface area contributed by atoms with Gasteiger partial charge in [-0.1, -0.05) is 6.07 Å². The third kappa shape index (κ3) is 3.87. The van der Waals surface area contributed by atoms with Crippen LogP contribution in [0.3, 0.4) is 0 Å². The fraction of sp³-hybridized carbons (Fsp3) is 0.381. The third-order valence-electron chi connectivity index (χ3n) is 5.68. The summed E-state index contributed by atoms with van der Waals surface area (Å²) in [5.74, 6) is 0.579. The first kappa shape index (κ1) is 19.2. The summed E-state index contributed by atoms with van der Waals surface area (Å²) in [5, 5.41) is 2.87. The molecular formula is C21H24FN5O2. The lowest BCUT2D eigenvalue weighted by Gasteiger charge is -2.25. The molecule has 1 saturated carbocycles. The van der Waals surface area contributed by atoms with Gasteiger partial charge in [-0.2, -0.15) is 0 Å². The molecule has 4 rings (SSSR count).